The number of halogens is 1. The maximum absolute atomic E-state index is 12.3. The summed E-state index contributed by atoms with van der Waals surface area (Å²) in [6, 6.07) is 7.50. The number of carbonyl (C=O) groups is 2. The molecular formula is C14H16ClNO2. The van der Waals surface area contributed by atoms with Gasteiger partial charge in [-0.2, -0.15) is 0 Å². The van der Waals surface area contributed by atoms with Crippen LogP contribution in [0.5, 0.6) is 0 Å². The van der Waals surface area contributed by atoms with Gasteiger partial charge in [-0.15, -0.1) is 0 Å². The third-order valence-electron chi connectivity index (χ3n) is 3.29. The Morgan fingerprint density at radius 1 is 1.39 bits per heavy atom. The van der Waals surface area contributed by atoms with Crippen LogP contribution in [0.3, 0.4) is 0 Å². The second-order valence-corrected chi connectivity index (χ2v) is 5.14. The monoisotopic (exact) mass is 265 g/mol. The lowest BCUT2D eigenvalue weighted by Crippen LogP contribution is -2.41. The second kappa shape index (κ2) is 5.53. The van der Waals surface area contributed by atoms with E-state index in [-0.39, 0.29) is 17.1 Å². The van der Waals surface area contributed by atoms with Crippen molar-refractivity contribution in [1.82, 2.24) is 4.90 Å². The molecule has 1 atom stereocenters. The minimum absolute atomic E-state index is 0.0127. The van der Waals surface area contributed by atoms with Crippen LogP contribution in [0.1, 0.15) is 28.8 Å². The maximum Gasteiger partial charge on any atom is 0.253 e. The van der Waals surface area contributed by atoms with Gasteiger partial charge >= 0.3 is 0 Å². The fourth-order valence-corrected chi connectivity index (χ4v) is 2.49. The van der Waals surface area contributed by atoms with Crippen LogP contribution in [0.25, 0.3) is 0 Å². The summed E-state index contributed by atoms with van der Waals surface area (Å²) < 4.78 is 0. The predicted molar refractivity (Wildman–Crippen MR) is 70.7 cm³/mol. The van der Waals surface area contributed by atoms with Gasteiger partial charge in [0.2, 0.25) is 5.24 Å². The summed E-state index contributed by atoms with van der Waals surface area (Å²) in [5, 5.41) is -0.336. The highest BCUT2D eigenvalue weighted by Crippen LogP contribution is 2.20. The van der Waals surface area contributed by atoms with E-state index in [0.29, 0.717) is 18.7 Å². The third-order valence-corrected chi connectivity index (χ3v) is 3.60. The number of hydrogen-bond donors (Lipinski definition) is 0. The second-order valence-electron chi connectivity index (χ2n) is 4.76. The molecule has 18 heavy (non-hydrogen) atoms. The standard InChI is InChI=1S/C14H16ClNO2/c1-10-4-2-5-11(8-10)14(18)16-7-3-6-12(9-16)13(15)17/h2,4-5,8,12H,3,6-7,9H2,1H3. The Bertz CT molecular complexity index is 473. The largest absolute Gasteiger partial charge is 0.338 e. The summed E-state index contributed by atoms with van der Waals surface area (Å²) >= 11 is 5.52. The summed E-state index contributed by atoms with van der Waals surface area (Å²) in [6.07, 6.45) is 1.61. The highest BCUT2D eigenvalue weighted by atomic mass is 35.5. The molecule has 0 N–H and O–H groups in total. The molecule has 1 aliphatic rings. The van der Waals surface area contributed by atoms with Crippen molar-refractivity contribution in [2.45, 2.75) is 19.8 Å². The lowest BCUT2D eigenvalue weighted by Gasteiger charge is -2.31. The summed E-state index contributed by atoms with van der Waals surface area (Å²) in [4.78, 5) is 25.2. The van der Waals surface area contributed by atoms with E-state index in [0.717, 1.165) is 18.4 Å². The molecule has 4 heteroatoms. The molecule has 1 saturated heterocycles. The van der Waals surface area contributed by atoms with Gasteiger partial charge in [-0.05, 0) is 43.5 Å². The number of benzene rings is 1. The van der Waals surface area contributed by atoms with Gasteiger partial charge in [0.1, 0.15) is 0 Å². The van der Waals surface area contributed by atoms with Gasteiger partial charge in [-0.1, -0.05) is 17.7 Å². The van der Waals surface area contributed by atoms with E-state index in [9.17, 15) is 9.59 Å². The summed E-state index contributed by atoms with van der Waals surface area (Å²) in [6.45, 7) is 3.10. The van der Waals surface area contributed by atoms with Crippen molar-refractivity contribution in [1.29, 1.82) is 0 Å². The Morgan fingerprint density at radius 2 is 2.17 bits per heavy atom. The van der Waals surface area contributed by atoms with Crippen LogP contribution in [0.4, 0.5) is 0 Å². The number of aryl methyl sites for hydroxylation is 1. The topological polar surface area (TPSA) is 37.4 Å². The van der Waals surface area contributed by atoms with Crippen molar-refractivity contribution in [2.75, 3.05) is 13.1 Å². The first-order chi connectivity index (χ1) is 8.58. The highest BCUT2D eigenvalue weighted by molar-refractivity contribution is 6.64. The van der Waals surface area contributed by atoms with Gasteiger partial charge in [-0.25, -0.2) is 0 Å². The fourth-order valence-electron chi connectivity index (χ4n) is 2.31. The molecule has 0 saturated carbocycles. The lowest BCUT2D eigenvalue weighted by atomic mass is 9.98. The number of nitrogens with zero attached hydrogens (tertiary/aromatic N) is 1. The number of rotatable bonds is 2. The SMILES string of the molecule is Cc1cccc(C(=O)N2CCCC(C(=O)Cl)C2)c1. The van der Waals surface area contributed by atoms with Crippen LogP contribution in [0.15, 0.2) is 24.3 Å². The number of hydrogen-bond acceptors (Lipinski definition) is 2. The summed E-state index contributed by atoms with van der Waals surface area (Å²) in [5.74, 6) is -0.226. The van der Waals surface area contributed by atoms with Gasteiger partial charge in [0.15, 0.2) is 0 Å². The molecule has 1 aromatic rings. The molecule has 0 spiro atoms. The summed E-state index contributed by atoms with van der Waals surface area (Å²) in [7, 11) is 0. The average Bonchev–Trinajstić information content (AvgIpc) is 2.38. The molecule has 1 fully saturated rings. The highest BCUT2D eigenvalue weighted by Gasteiger charge is 2.27. The first-order valence-electron chi connectivity index (χ1n) is 6.13. The quantitative estimate of drug-likeness (QED) is 0.771. The Balaban J connectivity index is 2.11. The Morgan fingerprint density at radius 3 is 2.83 bits per heavy atom. The fraction of sp³-hybridized carbons (Fsp3) is 0.429. The smallest absolute Gasteiger partial charge is 0.253 e. The molecule has 2 rings (SSSR count). The Kier molecular flexibility index (Phi) is 4.02. The summed E-state index contributed by atoms with van der Waals surface area (Å²) in [5.41, 5.74) is 1.74. The first-order valence-corrected chi connectivity index (χ1v) is 6.51. The maximum atomic E-state index is 12.3. The van der Waals surface area contributed by atoms with E-state index >= 15 is 0 Å². The van der Waals surface area contributed by atoms with E-state index in [1.807, 2.05) is 31.2 Å². The Hall–Kier alpha value is -1.35. The van der Waals surface area contributed by atoms with Crippen LogP contribution >= 0.6 is 11.6 Å². The van der Waals surface area contributed by atoms with E-state index < -0.39 is 0 Å². The number of carbonyl (C=O) groups excluding carboxylic acids is 2. The Labute approximate surface area is 112 Å². The molecule has 3 nitrogen and oxygen atoms in total. The molecule has 1 aliphatic heterocycles. The van der Waals surface area contributed by atoms with E-state index in [1.165, 1.54) is 0 Å². The van der Waals surface area contributed by atoms with Gasteiger partial charge in [-0.3, -0.25) is 9.59 Å². The molecule has 96 valence electrons. The van der Waals surface area contributed by atoms with Crippen LogP contribution < -0.4 is 0 Å². The number of piperidine rings is 1. The normalized spacial score (nSPS) is 19.7. The molecule has 1 heterocycles. The van der Waals surface area contributed by atoms with Crippen molar-refractivity contribution in [3.8, 4) is 0 Å². The molecule has 0 aromatic heterocycles. The molecule has 1 amide bonds. The van der Waals surface area contributed by atoms with Crippen LogP contribution in [-0.2, 0) is 4.79 Å². The van der Waals surface area contributed by atoms with Crippen molar-refractivity contribution >= 4 is 22.8 Å². The number of likely N-dealkylation sites (tertiary alicyclic amines) is 1. The van der Waals surface area contributed by atoms with Gasteiger partial charge in [0.25, 0.3) is 5.91 Å². The van der Waals surface area contributed by atoms with Crippen LogP contribution in [-0.4, -0.2) is 29.1 Å². The van der Waals surface area contributed by atoms with Gasteiger partial charge in [0, 0.05) is 18.7 Å². The van der Waals surface area contributed by atoms with Crippen molar-refractivity contribution in [3.63, 3.8) is 0 Å². The lowest BCUT2D eigenvalue weighted by molar-refractivity contribution is -0.116. The average molecular weight is 266 g/mol. The van der Waals surface area contributed by atoms with Gasteiger partial charge in [0.05, 0.1) is 5.92 Å². The molecule has 1 aromatic carbocycles. The predicted octanol–water partition coefficient (Wildman–Crippen LogP) is 2.61. The van der Waals surface area contributed by atoms with Crippen LogP contribution in [0.2, 0.25) is 0 Å². The molecule has 0 bridgehead atoms. The minimum atomic E-state index is -0.336. The molecule has 0 radical (unpaired) electrons. The molecular weight excluding hydrogens is 250 g/mol. The molecule has 1 unspecified atom stereocenters. The van der Waals surface area contributed by atoms with E-state index in [4.69, 9.17) is 11.6 Å². The van der Waals surface area contributed by atoms with Crippen molar-refractivity contribution in [3.05, 3.63) is 35.4 Å². The number of amides is 1. The zero-order valence-corrected chi connectivity index (χ0v) is 11.1. The third kappa shape index (κ3) is 2.91. The molecule has 0 aliphatic carbocycles. The minimum Gasteiger partial charge on any atom is -0.338 e. The van der Waals surface area contributed by atoms with Crippen molar-refractivity contribution in [2.24, 2.45) is 5.92 Å². The van der Waals surface area contributed by atoms with Crippen LogP contribution in [0, 0.1) is 12.8 Å². The van der Waals surface area contributed by atoms with E-state index in [2.05, 4.69) is 0 Å². The van der Waals surface area contributed by atoms with Gasteiger partial charge < -0.3 is 4.90 Å². The first kappa shape index (κ1) is 13.1. The zero-order valence-electron chi connectivity index (χ0n) is 10.4. The van der Waals surface area contributed by atoms with Crippen molar-refractivity contribution < 1.29 is 9.59 Å². The van der Waals surface area contributed by atoms with E-state index in [1.54, 1.807) is 4.90 Å². The zero-order chi connectivity index (χ0) is 13.1.